The number of para-hydroxylation sites is 2. The number of aromatic nitrogens is 3. The summed E-state index contributed by atoms with van der Waals surface area (Å²) < 4.78 is 2.08. The lowest BCUT2D eigenvalue weighted by atomic mass is 10.2. The molecule has 0 aliphatic carbocycles. The molecular weight excluding hydrogens is 308 g/mol. The van der Waals surface area contributed by atoms with Crippen molar-refractivity contribution in [1.82, 2.24) is 14.5 Å². The third-order valence-corrected chi connectivity index (χ3v) is 4.41. The average Bonchev–Trinajstić information content (AvgIpc) is 2.90. The molecule has 2 heterocycles. The van der Waals surface area contributed by atoms with Gasteiger partial charge in [0.2, 0.25) is 0 Å². The molecule has 0 N–H and O–H groups in total. The highest BCUT2D eigenvalue weighted by Gasteiger charge is 2.15. The first-order valence-electron chi connectivity index (χ1n) is 7.90. The summed E-state index contributed by atoms with van der Waals surface area (Å²) in [7, 11) is 4.08. The Bertz CT molecular complexity index is 825. The zero-order valence-corrected chi connectivity index (χ0v) is 14.5. The molecule has 4 nitrogen and oxygen atoms in total. The first-order valence-corrected chi connectivity index (χ1v) is 8.28. The number of hydrogen-bond donors (Lipinski definition) is 0. The first-order chi connectivity index (χ1) is 11.1. The van der Waals surface area contributed by atoms with Crippen molar-refractivity contribution in [3.05, 3.63) is 41.6 Å². The van der Waals surface area contributed by atoms with Gasteiger partial charge in [0.25, 0.3) is 0 Å². The van der Waals surface area contributed by atoms with E-state index in [0.717, 1.165) is 47.6 Å². The minimum Gasteiger partial charge on any atom is -0.360 e. The minimum absolute atomic E-state index is 0.621. The molecule has 0 aliphatic rings. The van der Waals surface area contributed by atoms with Crippen LogP contribution >= 0.6 is 11.6 Å². The lowest BCUT2D eigenvalue weighted by molar-refractivity contribution is 0.759. The maximum Gasteiger partial charge on any atom is 0.142 e. The zero-order chi connectivity index (χ0) is 16.4. The minimum atomic E-state index is 0.621. The molecule has 0 radical (unpaired) electrons. The Balaban J connectivity index is 2.05. The largest absolute Gasteiger partial charge is 0.360 e. The van der Waals surface area contributed by atoms with E-state index in [1.807, 2.05) is 31.3 Å². The predicted octanol–water partition coefficient (Wildman–Crippen LogP) is 4.53. The summed E-state index contributed by atoms with van der Waals surface area (Å²) in [6, 6.07) is 10.1. The standard InChI is InChI=1S/C18H21ClN4/c1-4-5-10-22(2)17-11-13(14(19)12-20-17)18-21-15-8-6-7-9-16(15)23(18)3/h6-9,11-12H,4-5,10H2,1-3H3. The molecule has 0 spiro atoms. The van der Waals surface area contributed by atoms with Crippen molar-refractivity contribution in [1.29, 1.82) is 0 Å². The lowest BCUT2D eigenvalue weighted by Gasteiger charge is -2.18. The highest BCUT2D eigenvalue weighted by atomic mass is 35.5. The number of anilines is 1. The average molecular weight is 329 g/mol. The van der Waals surface area contributed by atoms with Crippen molar-refractivity contribution >= 4 is 28.5 Å². The van der Waals surface area contributed by atoms with Crippen LogP contribution in [0.4, 0.5) is 5.82 Å². The Morgan fingerprint density at radius 1 is 1.26 bits per heavy atom. The SMILES string of the molecule is CCCCN(C)c1cc(-c2nc3ccccc3n2C)c(Cl)cn1. The van der Waals surface area contributed by atoms with Gasteiger partial charge in [-0.2, -0.15) is 0 Å². The van der Waals surface area contributed by atoms with E-state index < -0.39 is 0 Å². The van der Waals surface area contributed by atoms with Crippen LogP contribution in [-0.4, -0.2) is 28.1 Å². The number of rotatable bonds is 5. The van der Waals surface area contributed by atoms with Gasteiger partial charge in [0.1, 0.15) is 11.6 Å². The number of hydrogen-bond acceptors (Lipinski definition) is 3. The summed E-state index contributed by atoms with van der Waals surface area (Å²) >= 11 is 6.40. The van der Waals surface area contributed by atoms with Gasteiger partial charge in [-0.3, -0.25) is 0 Å². The van der Waals surface area contributed by atoms with Gasteiger partial charge < -0.3 is 9.47 Å². The predicted molar refractivity (Wildman–Crippen MR) is 97.1 cm³/mol. The Labute approximate surface area is 141 Å². The third-order valence-electron chi connectivity index (χ3n) is 4.11. The van der Waals surface area contributed by atoms with Crippen molar-refractivity contribution < 1.29 is 0 Å². The monoisotopic (exact) mass is 328 g/mol. The summed E-state index contributed by atoms with van der Waals surface area (Å²) in [4.78, 5) is 11.4. The number of nitrogens with zero attached hydrogens (tertiary/aromatic N) is 4. The smallest absolute Gasteiger partial charge is 0.142 e. The van der Waals surface area contributed by atoms with Crippen molar-refractivity contribution in [2.24, 2.45) is 7.05 Å². The van der Waals surface area contributed by atoms with E-state index in [9.17, 15) is 0 Å². The fourth-order valence-corrected chi connectivity index (χ4v) is 2.89. The maximum absolute atomic E-state index is 6.40. The van der Waals surface area contributed by atoms with E-state index >= 15 is 0 Å². The molecule has 3 rings (SSSR count). The van der Waals surface area contributed by atoms with Crippen LogP contribution in [0.15, 0.2) is 36.5 Å². The Kier molecular flexibility index (Phi) is 4.53. The number of benzene rings is 1. The Morgan fingerprint density at radius 2 is 2.04 bits per heavy atom. The summed E-state index contributed by atoms with van der Waals surface area (Å²) in [5.74, 6) is 1.79. The molecule has 2 aromatic heterocycles. The van der Waals surface area contributed by atoms with E-state index in [0.29, 0.717) is 5.02 Å². The molecule has 120 valence electrons. The Hall–Kier alpha value is -2.07. The number of imidazole rings is 1. The molecule has 0 atom stereocenters. The van der Waals surface area contributed by atoms with Gasteiger partial charge in [-0.1, -0.05) is 37.1 Å². The molecular formula is C18H21ClN4. The topological polar surface area (TPSA) is 34.0 Å². The molecule has 0 saturated carbocycles. The van der Waals surface area contributed by atoms with E-state index in [2.05, 4.69) is 34.5 Å². The lowest BCUT2D eigenvalue weighted by Crippen LogP contribution is -2.19. The van der Waals surface area contributed by atoms with E-state index in [-0.39, 0.29) is 0 Å². The van der Waals surface area contributed by atoms with Crippen molar-refractivity contribution in [2.75, 3.05) is 18.5 Å². The second-order valence-corrected chi connectivity index (χ2v) is 6.19. The maximum atomic E-state index is 6.40. The van der Waals surface area contributed by atoms with Crippen LogP contribution in [0.25, 0.3) is 22.4 Å². The molecule has 0 bridgehead atoms. The molecule has 0 amide bonds. The van der Waals surface area contributed by atoms with Crippen LogP contribution < -0.4 is 4.90 Å². The van der Waals surface area contributed by atoms with Crippen LogP contribution in [0.2, 0.25) is 5.02 Å². The molecule has 23 heavy (non-hydrogen) atoms. The fourth-order valence-electron chi connectivity index (χ4n) is 2.70. The Morgan fingerprint density at radius 3 is 2.78 bits per heavy atom. The van der Waals surface area contributed by atoms with Gasteiger partial charge in [-0.15, -0.1) is 0 Å². The van der Waals surface area contributed by atoms with Gasteiger partial charge in [-0.25, -0.2) is 9.97 Å². The van der Waals surface area contributed by atoms with E-state index in [4.69, 9.17) is 16.6 Å². The molecule has 0 aliphatic heterocycles. The van der Waals surface area contributed by atoms with Crippen molar-refractivity contribution in [3.63, 3.8) is 0 Å². The number of halogens is 1. The highest BCUT2D eigenvalue weighted by Crippen LogP contribution is 2.31. The normalized spacial score (nSPS) is 11.1. The molecule has 3 aromatic rings. The number of unbranched alkanes of at least 4 members (excludes halogenated alkanes) is 1. The van der Waals surface area contributed by atoms with Crippen LogP contribution in [0.3, 0.4) is 0 Å². The van der Waals surface area contributed by atoms with Gasteiger partial charge >= 0.3 is 0 Å². The highest BCUT2D eigenvalue weighted by molar-refractivity contribution is 6.33. The molecule has 0 unspecified atom stereocenters. The van der Waals surface area contributed by atoms with Crippen molar-refractivity contribution in [2.45, 2.75) is 19.8 Å². The second-order valence-electron chi connectivity index (χ2n) is 5.78. The molecule has 5 heteroatoms. The summed E-state index contributed by atoms with van der Waals surface area (Å²) in [6.45, 7) is 3.17. The van der Waals surface area contributed by atoms with Crippen molar-refractivity contribution in [3.8, 4) is 11.4 Å². The number of pyridine rings is 1. The molecule has 0 fully saturated rings. The van der Waals surface area contributed by atoms with Gasteiger partial charge in [0, 0.05) is 32.4 Å². The number of aryl methyl sites for hydroxylation is 1. The van der Waals surface area contributed by atoms with Crippen LogP contribution in [-0.2, 0) is 7.05 Å². The van der Waals surface area contributed by atoms with Gasteiger partial charge in [0.15, 0.2) is 0 Å². The zero-order valence-electron chi connectivity index (χ0n) is 13.8. The summed E-state index contributed by atoms with van der Waals surface area (Å²) in [6.07, 6.45) is 4.02. The van der Waals surface area contributed by atoms with E-state index in [1.165, 1.54) is 0 Å². The summed E-state index contributed by atoms with van der Waals surface area (Å²) in [5, 5.41) is 0.621. The van der Waals surface area contributed by atoms with Crippen LogP contribution in [0.1, 0.15) is 19.8 Å². The number of fused-ring (bicyclic) bond motifs is 1. The van der Waals surface area contributed by atoms with Gasteiger partial charge in [0.05, 0.1) is 16.1 Å². The van der Waals surface area contributed by atoms with Gasteiger partial charge in [-0.05, 0) is 24.6 Å². The first kappa shape index (κ1) is 15.8. The third kappa shape index (κ3) is 3.04. The van der Waals surface area contributed by atoms with Crippen LogP contribution in [0.5, 0.6) is 0 Å². The second kappa shape index (κ2) is 6.59. The molecule has 0 saturated heterocycles. The molecule has 1 aromatic carbocycles. The van der Waals surface area contributed by atoms with E-state index in [1.54, 1.807) is 6.20 Å². The fraction of sp³-hybridized carbons (Fsp3) is 0.333. The van der Waals surface area contributed by atoms with Crippen LogP contribution in [0, 0.1) is 0 Å². The quantitative estimate of drug-likeness (QED) is 0.690. The summed E-state index contributed by atoms with van der Waals surface area (Å²) in [5.41, 5.74) is 2.98.